The second kappa shape index (κ2) is 7.39. The molecule has 0 bridgehead atoms. The van der Waals surface area contributed by atoms with Crippen LogP contribution in [0, 0.1) is 27.7 Å². The average Bonchev–Trinajstić information content (AvgIpc) is 3.03. The number of nitrogens with zero attached hydrogens (tertiary/aromatic N) is 2. The minimum absolute atomic E-state index is 0.0637. The van der Waals surface area contributed by atoms with Gasteiger partial charge in [-0.3, -0.25) is 4.79 Å². The number of aromatic nitrogens is 2. The summed E-state index contributed by atoms with van der Waals surface area (Å²) < 4.78 is 10.9. The summed E-state index contributed by atoms with van der Waals surface area (Å²) in [6, 6.07) is 11.3. The fourth-order valence-corrected chi connectivity index (χ4v) is 2.81. The Balaban J connectivity index is 1.60. The maximum atomic E-state index is 12.2. The standard InChI is InChI=1S/C20H21N3O3/c1-12-9-13(2)19(14(3)10-12)21-18(24)11-25-17-7-5-16(6-8-17)20-23-22-15(4)26-20/h5-10H,11H2,1-4H3,(H,21,24). The van der Waals surface area contributed by atoms with Crippen molar-refractivity contribution >= 4 is 11.6 Å². The Bertz CT molecular complexity index is 907. The molecular weight excluding hydrogens is 330 g/mol. The zero-order chi connectivity index (χ0) is 18.7. The van der Waals surface area contributed by atoms with Gasteiger partial charge in [0.1, 0.15) is 5.75 Å². The summed E-state index contributed by atoms with van der Waals surface area (Å²) in [6.07, 6.45) is 0. The van der Waals surface area contributed by atoms with Gasteiger partial charge in [0.15, 0.2) is 6.61 Å². The van der Waals surface area contributed by atoms with Crippen molar-refractivity contribution in [3.05, 3.63) is 59.0 Å². The molecule has 1 heterocycles. The van der Waals surface area contributed by atoms with E-state index in [-0.39, 0.29) is 12.5 Å². The van der Waals surface area contributed by atoms with Gasteiger partial charge in [-0.1, -0.05) is 17.7 Å². The van der Waals surface area contributed by atoms with Crippen molar-refractivity contribution in [3.8, 4) is 17.2 Å². The molecule has 0 radical (unpaired) electrons. The van der Waals surface area contributed by atoms with Crippen LogP contribution < -0.4 is 10.1 Å². The first kappa shape index (κ1) is 17.7. The van der Waals surface area contributed by atoms with Crippen molar-refractivity contribution in [1.29, 1.82) is 0 Å². The predicted octanol–water partition coefficient (Wildman–Crippen LogP) is 3.99. The normalized spacial score (nSPS) is 10.6. The lowest BCUT2D eigenvalue weighted by Gasteiger charge is -2.13. The van der Waals surface area contributed by atoms with Crippen LogP contribution >= 0.6 is 0 Å². The summed E-state index contributed by atoms with van der Waals surface area (Å²) in [5.41, 5.74) is 4.88. The fraction of sp³-hybridized carbons (Fsp3) is 0.250. The van der Waals surface area contributed by atoms with Gasteiger partial charge in [-0.05, 0) is 56.2 Å². The number of carbonyl (C=O) groups is 1. The second-order valence-corrected chi connectivity index (χ2v) is 6.26. The lowest BCUT2D eigenvalue weighted by atomic mass is 10.1. The van der Waals surface area contributed by atoms with Gasteiger partial charge in [0.05, 0.1) is 0 Å². The molecule has 1 aromatic heterocycles. The molecule has 0 aliphatic heterocycles. The maximum Gasteiger partial charge on any atom is 0.262 e. The van der Waals surface area contributed by atoms with E-state index in [2.05, 4.69) is 15.5 Å². The predicted molar refractivity (Wildman–Crippen MR) is 99.2 cm³/mol. The minimum Gasteiger partial charge on any atom is -0.484 e. The van der Waals surface area contributed by atoms with Gasteiger partial charge in [-0.2, -0.15) is 0 Å². The molecule has 6 heteroatoms. The highest BCUT2D eigenvalue weighted by Crippen LogP contribution is 2.23. The number of hydrogen-bond acceptors (Lipinski definition) is 5. The van der Waals surface area contributed by atoms with E-state index < -0.39 is 0 Å². The fourth-order valence-electron chi connectivity index (χ4n) is 2.81. The van der Waals surface area contributed by atoms with Crippen molar-refractivity contribution < 1.29 is 13.9 Å². The molecular formula is C20H21N3O3. The highest BCUT2D eigenvalue weighted by atomic mass is 16.5. The zero-order valence-corrected chi connectivity index (χ0v) is 15.3. The quantitative estimate of drug-likeness (QED) is 0.752. The third-order valence-corrected chi connectivity index (χ3v) is 3.94. The number of hydrogen-bond donors (Lipinski definition) is 1. The molecule has 26 heavy (non-hydrogen) atoms. The number of rotatable bonds is 5. The van der Waals surface area contributed by atoms with E-state index in [9.17, 15) is 4.79 Å². The van der Waals surface area contributed by atoms with Crippen LogP contribution in [0.5, 0.6) is 5.75 Å². The molecule has 0 saturated heterocycles. The van der Waals surface area contributed by atoms with Crippen LogP contribution in [0.1, 0.15) is 22.6 Å². The van der Waals surface area contributed by atoms with Crippen LogP contribution in [0.4, 0.5) is 5.69 Å². The Morgan fingerprint density at radius 2 is 1.69 bits per heavy atom. The molecule has 6 nitrogen and oxygen atoms in total. The monoisotopic (exact) mass is 351 g/mol. The molecule has 2 aromatic carbocycles. The number of carbonyl (C=O) groups excluding carboxylic acids is 1. The number of aryl methyl sites for hydroxylation is 4. The Labute approximate surface area is 152 Å². The lowest BCUT2D eigenvalue weighted by molar-refractivity contribution is -0.118. The van der Waals surface area contributed by atoms with Crippen LogP contribution in [0.3, 0.4) is 0 Å². The van der Waals surface area contributed by atoms with Crippen molar-refractivity contribution in [2.24, 2.45) is 0 Å². The molecule has 0 saturated carbocycles. The maximum absolute atomic E-state index is 12.2. The van der Waals surface area contributed by atoms with Gasteiger partial charge < -0.3 is 14.5 Å². The van der Waals surface area contributed by atoms with E-state index in [1.54, 1.807) is 19.1 Å². The third kappa shape index (κ3) is 4.08. The molecule has 134 valence electrons. The van der Waals surface area contributed by atoms with Crippen LogP contribution in [0.15, 0.2) is 40.8 Å². The molecule has 0 spiro atoms. The number of benzene rings is 2. The molecule has 3 aromatic rings. The van der Waals surface area contributed by atoms with Gasteiger partial charge in [0, 0.05) is 18.2 Å². The number of anilines is 1. The van der Waals surface area contributed by atoms with Gasteiger partial charge in [-0.15, -0.1) is 10.2 Å². The van der Waals surface area contributed by atoms with Crippen molar-refractivity contribution in [2.45, 2.75) is 27.7 Å². The molecule has 0 unspecified atom stereocenters. The highest BCUT2D eigenvalue weighted by Gasteiger charge is 2.10. The molecule has 1 N–H and O–H groups in total. The molecule has 1 amide bonds. The van der Waals surface area contributed by atoms with Crippen molar-refractivity contribution in [3.63, 3.8) is 0 Å². The Morgan fingerprint density at radius 3 is 2.27 bits per heavy atom. The summed E-state index contributed by atoms with van der Waals surface area (Å²) in [5, 5.41) is 10.7. The minimum atomic E-state index is -0.198. The zero-order valence-electron chi connectivity index (χ0n) is 15.3. The first-order valence-corrected chi connectivity index (χ1v) is 8.33. The van der Waals surface area contributed by atoms with E-state index in [4.69, 9.17) is 9.15 Å². The van der Waals surface area contributed by atoms with E-state index in [1.165, 1.54) is 5.56 Å². The smallest absolute Gasteiger partial charge is 0.262 e. The molecule has 0 atom stereocenters. The molecule has 0 aliphatic carbocycles. The summed E-state index contributed by atoms with van der Waals surface area (Å²) in [4.78, 5) is 12.2. The van der Waals surface area contributed by atoms with Gasteiger partial charge in [0.2, 0.25) is 11.8 Å². The first-order chi connectivity index (χ1) is 12.4. The van der Waals surface area contributed by atoms with E-state index >= 15 is 0 Å². The van der Waals surface area contributed by atoms with Gasteiger partial charge >= 0.3 is 0 Å². The Morgan fingerprint density at radius 1 is 1.04 bits per heavy atom. The molecule has 0 fully saturated rings. The number of nitrogens with one attached hydrogen (secondary N) is 1. The Kier molecular flexibility index (Phi) is 5.02. The van der Waals surface area contributed by atoms with Gasteiger partial charge in [-0.25, -0.2) is 0 Å². The number of amides is 1. The SMILES string of the molecule is Cc1cc(C)c(NC(=O)COc2ccc(-c3nnc(C)o3)cc2)c(C)c1. The van der Waals surface area contributed by atoms with E-state index in [1.807, 2.05) is 45.0 Å². The Hall–Kier alpha value is -3.15. The van der Waals surface area contributed by atoms with Crippen LogP contribution in [0.2, 0.25) is 0 Å². The largest absolute Gasteiger partial charge is 0.484 e. The van der Waals surface area contributed by atoms with Crippen molar-refractivity contribution in [1.82, 2.24) is 10.2 Å². The summed E-state index contributed by atoms with van der Waals surface area (Å²) in [5.74, 6) is 1.37. The molecule has 0 aliphatic rings. The average molecular weight is 351 g/mol. The van der Waals surface area contributed by atoms with Crippen LogP contribution in [0.25, 0.3) is 11.5 Å². The summed E-state index contributed by atoms with van der Waals surface area (Å²) in [6.45, 7) is 7.67. The van der Waals surface area contributed by atoms with Crippen molar-refractivity contribution in [2.75, 3.05) is 11.9 Å². The number of ether oxygens (including phenoxy) is 1. The van der Waals surface area contributed by atoms with E-state index in [0.717, 1.165) is 22.4 Å². The summed E-state index contributed by atoms with van der Waals surface area (Å²) >= 11 is 0. The first-order valence-electron chi connectivity index (χ1n) is 8.33. The topological polar surface area (TPSA) is 77.2 Å². The lowest BCUT2D eigenvalue weighted by Crippen LogP contribution is -2.21. The van der Waals surface area contributed by atoms with E-state index in [0.29, 0.717) is 17.5 Å². The highest BCUT2D eigenvalue weighted by molar-refractivity contribution is 5.93. The third-order valence-electron chi connectivity index (χ3n) is 3.94. The molecule has 3 rings (SSSR count). The van der Waals surface area contributed by atoms with Crippen LogP contribution in [-0.2, 0) is 4.79 Å². The van der Waals surface area contributed by atoms with Crippen LogP contribution in [-0.4, -0.2) is 22.7 Å². The summed E-state index contributed by atoms with van der Waals surface area (Å²) in [7, 11) is 0. The second-order valence-electron chi connectivity index (χ2n) is 6.26. The van der Waals surface area contributed by atoms with Gasteiger partial charge in [0.25, 0.3) is 5.91 Å².